The maximum Gasteiger partial charge on any atom is 0.133 e. The van der Waals surface area contributed by atoms with Crippen LogP contribution in [0.2, 0.25) is 0 Å². The first-order valence-corrected chi connectivity index (χ1v) is 13.2. The van der Waals surface area contributed by atoms with Crippen LogP contribution in [0.25, 0.3) is 0 Å². The first-order valence-electron chi connectivity index (χ1n) is 5.97. The van der Waals surface area contributed by atoms with Gasteiger partial charge in [-0.15, -0.1) is 0 Å². The molecule has 122 valence electrons. The molecule has 0 spiro atoms. The van der Waals surface area contributed by atoms with E-state index < -0.39 is 3.23 Å². The van der Waals surface area contributed by atoms with Crippen molar-refractivity contribution in [1.82, 2.24) is 0 Å². The Hall–Kier alpha value is 2.76. The standard InChI is InChI=1S/C14H3Br9/c15-4-2-1-3-6(9(4)17)14(22,23)7-5(8(3)16)10(18)12(20)13(21)11(7)19/h1-2,8H. The molecule has 2 aromatic carbocycles. The highest BCUT2D eigenvalue weighted by Gasteiger charge is 2.45. The molecule has 0 nitrogen and oxygen atoms in total. The Morgan fingerprint density at radius 2 is 1.26 bits per heavy atom. The lowest BCUT2D eigenvalue weighted by molar-refractivity contribution is 0.930. The van der Waals surface area contributed by atoms with E-state index in [0.717, 1.165) is 43.5 Å². The van der Waals surface area contributed by atoms with Gasteiger partial charge in [-0.25, -0.2) is 0 Å². The molecule has 0 bridgehead atoms. The summed E-state index contributed by atoms with van der Waals surface area (Å²) in [5.41, 5.74) is 4.57. The van der Waals surface area contributed by atoms with Crippen molar-refractivity contribution in [3.05, 3.63) is 61.2 Å². The number of rotatable bonds is 0. The van der Waals surface area contributed by atoms with E-state index in [2.05, 4.69) is 156 Å². The van der Waals surface area contributed by atoms with Crippen LogP contribution in [0.5, 0.6) is 0 Å². The molecule has 1 atom stereocenters. The summed E-state index contributed by atoms with van der Waals surface area (Å²) in [6.45, 7) is 0. The molecule has 0 radical (unpaired) electrons. The summed E-state index contributed by atoms with van der Waals surface area (Å²) >= 11 is 33.8. The second kappa shape index (κ2) is 7.30. The van der Waals surface area contributed by atoms with Crippen LogP contribution >= 0.6 is 143 Å². The summed E-state index contributed by atoms with van der Waals surface area (Å²) in [6, 6.07) is 4.18. The molecule has 3 rings (SSSR count). The molecule has 9 heteroatoms. The SMILES string of the molecule is Brc1ccc2c(c1Br)C(Br)(Br)c1c(Br)c(Br)c(Br)c(Br)c1C2Br. The zero-order valence-corrected chi connectivity index (χ0v) is 24.9. The molecular weight excluding hydrogens is 887 g/mol. The number of fused-ring (bicyclic) bond motifs is 2. The van der Waals surface area contributed by atoms with Gasteiger partial charge in [0.25, 0.3) is 0 Å². The summed E-state index contributed by atoms with van der Waals surface area (Å²) in [6.07, 6.45) is 0. The summed E-state index contributed by atoms with van der Waals surface area (Å²) in [4.78, 5) is 0.0511. The third kappa shape index (κ3) is 3.15. The van der Waals surface area contributed by atoms with E-state index in [1.165, 1.54) is 5.56 Å². The Kier molecular flexibility index (Phi) is 6.50. The highest BCUT2D eigenvalue weighted by atomic mass is 79.9. The van der Waals surface area contributed by atoms with Crippen LogP contribution in [0.4, 0.5) is 0 Å². The van der Waals surface area contributed by atoms with Gasteiger partial charge in [0, 0.05) is 38.0 Å². The highest BCUT2D eigenvalue weighted by Crippen LogP contribution is 2.63. The average Bonchev–Trinajstić information content (AvgIpc) is 2.48. The Balaban J connectivity index is 2.50. The number of hydrogen-bond donors (Lipinski definition) is 0. The molecule has 0 amide bonds. The molecule has 0 fully saturated rings. The minimum Gasteiger partial charge on any atom is -0.0786 e. The Morgan fingerprint density at radius 1 is 0.696 bits per heavy atom. The largest absolute Gasteiger partial charge is 0.133 e. The molecule has 0 heterocycles. The molecule has 1 aliphatic carbocycles. The maximum absolute atomic E-state index is 3.90. The smallest absolute Gasteiger partial charge is 0.0786 e. The van der Waals surface area contributed by atoms with E-state index in [-0.39, 0.29) is 4.83 Å². The van der Waals surface area contributed by atoms with E-state index in [0.29, 0.717) is 0 Å². The minimum absolute atomic E-state index is 0.0511. The number of alkyl halides is 3. The Morgan fingerprint density at radius 3 is 1.87 bits per heavy atom. The van der Waals surface area contributed by atoms with Crippen LogP contribution in [0.15, 0.2) is 39.0 Å². The van der Waals surface area contributed by atoms with Crippen molar-refractivity contribution < 1.29 is 0 Å². The predicted octanol–water partition coefficient (Wildman–Crippen LogP) is 10.1. The van der Waals surface area contributed by atoms with Crippen molar-refractivity contribution in [1.29, 1.82) is 0 Å². The van der Waals surface area contributed by atoms with E-state index in [1.54, 1.807) is 0 Å². The van der Waals surface area contributed by atoms with Crippen LogP contribution in [-0.2, 0) is 3.23 Å². The quantitative estimate of drug-likeness (QED) is 0.141. The van der Waals surface area contributed by atoms with Crippen LogP contribution in [0.1, 0.15) is 27.1 Å². The summed E-state index contributed by atoms with van der Waals surface area (Å²) < 4.78 is 5.41. The molecule has 0 N–H and O–H groups in total. The van der Waals surface area contributed by atoms with Crippen LogP contribution in [-0.4, -0.2) is 0 Å². The van der Waals surface area contributed by atoms with Crippen molar-refractivity contribution in [3.63, 3.8) is 0 Å². The van der Waals surface area contributed by atoms with Gasteiger partial charge in [0.15, 0.2) is 0 Å². The van der Waals surface area contributed by atoms with Gasteiger partial charge < -0.3 is 0 Å². The van der Waals surface area contributed by atoms with Crippen molar-refractivity contribution in [2.24, 2.45) is 0 Å². The summed E-state index contributed by atoms with van der Waals surface area (Å²) in [5.74, 6) is 0. The molecule has 2 aromatic rings. The average molecular weight is 890 g/mol. The summed E-state index contributed by atoms with van der Waals surface area (Å²) in [7, 11) is 0. The number of benzene rings is 2. The van der Waals surface area contributed by atoms with Gasteiger partial charge in [-0.2, -0.15) is 0 Å². The van der Waals surface area contributed by atoms with E-state index in [1.807, 2.05) is 0 Å². The zero-order valence-electron chi connectivity index (χ0n) is 10.6. The second-order valence-electron chi connectivity index (χ2n) is 4.81. The second-order valence-corrected chi connectivity index (χ2v) is 14.0. The summed E-state index contributed by atoms with van der Waals surface area (Å²) in [5, 5.41) is 0. The first kappa shape index (κ1) is 20.5. The molecule has 0 saturated heterocycles. The fraction of sp³-hybridized carbons (Fsp3) is 0.143. The number of halogens is 9. The molecule has 0 aliphatic heterocycles. The predicted molar refractivity (Wildman–Crippen MR) is 128 cm³/mol. The highest BCUT2D eigenvalue weighted by molar-refractivity contribution is 9.25. The lowest BCUT2D eigenvalue weighted by Gasteiger charge is -2.37. The fourth-order valence-electron chi connectivity index (χ4n) is 2.57. The third-order valence-corrected chi connectivity index (χ3v) is 12.9. The molecular formula is C14H3Br9. The maximum atomic E-state index is 3.90. The van der Waals surface area contributed by atoms with Gasteiger partial charge in [0.05, 0.1) is 4.83 Å². The Bertz CT molecular complexity index is 841. The van der Waals surface area contributed by atoms with E-state index in [9.17, 15) is 0 Å². The van der Waals surface area contributed by atoms with Gasteiger partial charge in [-0.3, -0.25) is 0 Å². The lowest BCUT2D eigenvalue weighted by Crippen LogP contribution is -2.25. The van der Waals surface area contributed by atoms with Crippen molar-refractivity contribution in [3.8, 4) is 0 Å². The molecule has 0 aromatic heterocycles. The topological polar surface area (TPSA) is 0 Å². The fourth-order valence-corrected chi connectivity index (χ4v) is 10.1. The third-order valence-electron chi connectivity index (χ3n) is 3.58. The van der Waals surface area contributed by atoms with Gasteiger partial charge in [-0.1, -0.05) is 53.9 Å². The van der Waals surface area contributed by atoms with Gasteiger partial charge in [-0.05, 0) is 113 Å². The van der Waals surface area contributed by atoms with Crippen LogP contribution in [0.3, 0.4) is 0 Å². The van der Waals surface area contributed by atoms with Gasteiger partial charge >= 0.3 is 0 Å². The minimum atomic E-state index is -0.540. The van der Waals surface area contributed by atoms with Crippen LogP contribution in [0, 0.1) is 0 Å². The van der Waals surface area contributed by atoms with Crippen molar-refractivity contribution in [2.75, 3.05) is 0 Å². The molecule has 1 aliphatic rings. The molecule has 0 saturated carbocycles. The van der Waals surface area contributed by atoms with Crippen molar-refractivity contribution >= 4 is 143 Å². The lowest BCUT2D eigenvalue weighted by atomic mass is 9.85. The van der Waals surface area contributed by atoms with E-state index >= 15 is 0 Å². The Labute approximate surface area is 209 Å². The van der Waals surface area contributed by atoms with Gasteiger partial charge in [0.2, 0.25) is 0 Å². The molecule has 1 unspecified atom stereocenters. The monoisotopic (exact) mass is 881 g/mol. The normalized spacial score (nSPS) is 18.6. The molecule has 23 heavy (non-hydrogen) atoms. The number of hydrogen-bond acceptors (Lipinski definition) is 0. The van der Waals surface area contributed by atoms with Crippen LogP contribution < -0.4 is 0 Å². The van der Waals surface area contributed by atoms with E-state index in [4.69, 9.17) is 0 Å². The zero-order chi connectivity index (χ0) is 17.3. The van der Waals surface area contributed by atoms with Crippen molar-refractivity contribution in [2.45, 2.75) is 8.06 Å². The first-order chi connectivity index (χ1) is 10.6. The van der Waals surface area contributed by atoms with Gasteiger partial charge in [0.1, 0.15) is 3.23 Å².